The fourth-order valence-electron chi connectivity index (χ4n) is 4.52. The molecule has 0 atom stereocenters. The van der Waals surface area contributed by atoms with Crippen molar-refractivity contribution in [3.05, 3.63) is 84.6 Å². The number of alkyl halides is 1. The molecule has 2 aromatic rings. The van der Waals surface area contributed by atoms with Crippen molar-refractivity contribution < 1.29 is 19.2 Å². The van der Waals surface area contributed by atoms with Gasteiger partial charge >= 0.3 is 5.97 Å². The SMILES string of the molecule is C1CCNCC1.C=C/C=C(\C=C/C)c1nc(C[NH+]2CCC(CC)CC2)co1.CCl.O=C(O)Cc1ccccc1. The van der Waals surface area contributed by atoms with Crippen LogP contribution < -0.4 is 10.2 Å². The van der Waals surface area contributed by atoms with Gasteiger partial charge in [0.05, 0.1) is 19.5 Å². The molecule has 7 heteroatoms. The van der Waals surface area contributed by atoms with E-state index in [1.165, 1.54) is 71.1 Å². The van der Waals surface area contributed by atoms with Crippen LogP contribution in [0.15, 0.2) is 71.9 Å². The van der Waals surface area contributed by atoms with Crippen molar-refractivity contribution in [1.82, 2.24) is 10.3 Å². The summed E-state index contributed by atoms with van der Waals surface area (Å²) in [7, 11) is 0. The highest BCUT2D eigenvalue weighted by Crippen LogP contribution is 2.16. The van der Waals surface area contributed by atoms with Gasteiger partial charge in [0, 0.05) is 12.0 Å². The summed E-state index contributed by atoms with van der Waals surface area (Å²) in [4.78, 5) is 16.4. The summed E-state index contributed by atoms with van der Waals surface area (Å²) in [6, 6.07) is 9.13. The quantitative estimate of drug-likeness (QED) is 0.275. The highest BCUT2D eigenvalue weighted by molar-refractivity contribution is 6.15. The van der Waals surface area contributed by atoms with Gasteiger partial charge in [0.1, 0.15) is 18.5 Å². The number of halogens is 1. The van der Waals surface area contributed by atoms with Crippen LogP contribution in [0.4, 0.5) is 0 Å². The number of rotatable bonds is 8. The summed E-state index contributed by atoms with van der Waals surface area (Å²) < 4.78 is 5.62. The second-order valence-corrected chi connectivity index (χ2v) is 9.65. The summed E-state index contributed by atoms with van der Waals surface area (Å²) in [6.45, 7) is 14.0. The molecule has 0 spiro atoms. The van der Waals surface area contributed by atoms with Crippen molar-refractivity contribution in [2.45, 2.75) is 65.3 Å². The number of aromatic nitrogens is 1. The van der Waals surface area contributed by atoms with Gasteiger partial charge in [0.15, 0.2) is 0 Å². The number of benzene rings is 1. The van der Waals surface area contributed by atoms with Crippen molar-refractivity contribution in [1.29, 1.82) is 0 Å². The Labute approximate surface area is 240 Å². The van der Waals surface area contributed by atoms with Crippen molar-refractivity contribution in [2.24, 2.45) is 5.92 Å². The number of carbonyl (C=O) groups is 1. The minimum atomic E-state index is -0.786. The molecule has 2 aliphatic rings. The van der Waals surface area contributed by atoms with E-state index < -0.39 is 5.97 Å². The molecule has 0 unspecified atom stereocenters. The molecule has 39 heavy (non-hydrogen) atoms. The molecule has 6 nitrogen and oxygen atoms in total. The molecular weight excluding hydrogens is 510 g/mol. The molecule has 0 aliphatic carbocycles. The maximum absolute atomic E-state index is 10.2. The lowest BCUT2D eigenvalue weighted by Gasteiger charge is -2.27. The molecule has 216 valence electrons. The molecule has 0 saturated carbocycles. The van der Waals surface area contributed by atoms with Gasteiger partial charge in [-0.05, 0) is 57.2 Å². The maximum Gasteiger partial charge on any atom is 0.307 e. The number of nitrogens with one attached hydrogen (secondary N) is 2. The summed E-state index contributed by atoms with van der Waals surface area (Å²) in [5.74, 6) is 0.829. The second kappa shape index (κ2) is 22.2. The van der Waals surface area contributed by atoms with Gasteiger partial charge in [-0.25, -0.2) is 4.98 Å². The number of allylic oxidation sites excluding steroid dienone is 5. The lowest BCUT2D eigenvalue weighted by atomic mass is 9.94. The number of piperidine rings is 2. The molecule has 2 aliphatic heterocycles. The van der Waals surface area contributed by atoms with E-state index in [2.05, 4.69) is 35.4 Å². The fourth-order valence-corrected chi connectivity index (χ4v) is 4.52. The van der Waals surface area contributed by atoms with Gasteiger partial charge in [-0.1, -0.05) is 81.0 Å². The van der Waals surface area contributed by atoms with Crippen molar-refractivity contribution >= 4 is 23.1 Å². The van der Waals surface area contributed by atoms with Crippen LogP contribution in [-0.2, 0) is 17.8 Å². The van der Waals surface area contributed by atoms with Crippen LogP contribution in [0.5, 0.6) is 0 Å². The Balaban J connectivity index is 0.000000346. The molecular formula is C32H49ClN3O3+. The summed E-state index contributed by atoms with van der Waals surface area (Å²) in [6.07, 6.45) is 19.3. The Morgan fingerprint density at radius 2 is 1.85 bits per heavy atom. The molecule has 0 radical (unpaired) electrons. The lowest BCUT2D eigenvalue weighted by molar-refractivity contribution is -0.920. The van der Waals surface area contributed by atoms with E-state index >= 15 is 0 Å². The van der Waals surface area contributed by atoms with E-state index in [4.69, 9.17) is 9.52 Å². The molecule has 4 rings (SSSR count). The molecule has 0 amide bonds. The Bertz CT molecular complexity index is 949. The first kappa shape index (κ1) is 34.4. The number of oxazole rings is 1. The van der Waals surface area contributed by atoms with Gasteiger partial charge in [-0.15, -0.1) is 11.6 Å². The van der Waals surface area contributed by atoms with Crippen molar-refractivity contribution in [3.8, 4) is 0 Å². The zero-order valence-corrected chi connectivity index (χ0v) is 24.9. The third-order valence-corrected chi connectivity index (χ3v) is 6.67. The average molecular weight is 559 g/mol. The molecule has 2 saturated heterocycles. The molecule has 3 heterocycles. The molecule has 2 fully saturated rings. The van der Waals surface area contributed by atoms with Crippen LogP contribution >= 0.6 is 11.6 Å². The van der Waals surface area contributed by atoms with E-state index in [0.717, 1.165) is 29.3 Å². The van der Waals surface area contributed by atoms with Crippen LogP contribution in [-0.4, -0.2) is 48.6 Å². The predicted octanol–water partition coefficient (Wildman–Crippen LogP) is 5.95. The van der Waals surface area contributed by atoms with Crippen LogP contribution in [0.2, 0.25) is 0 Å². The Morgan fingerprint density at radius 1 is 1.18 bits per heavy atom. The fraction of sp³-hybridized carbons (Fsp3) is 0.500. The monoisotopic (exact) mass is 558 g/mol. The summed E-state index contributed by atoms with van der Waals surface area (Å²) >= 11 is 4.64. The second-order valence-electron chi connectivity index (χ2n) is 9.65. The van der Waals surface area contributed by atoms with Crippen LogP contribution in [0.3, 0.4) is 0 Å². The predicted molar refractivity (Wildman–Crippen MR) is 163 cm³/mol. The molecule has 1 aromatic carbocycles. The summed E-state index contributed by atoms with van der Waals surface area (Å²) in [5.41, 5.74) is 2.86. The lowest BCUT2D eigenvalue weighted by Crippen LogP contribution is -3.11. The largest absolute Gasteiger partial charge is 0.481 e. The van der Waals surface area contributed by atoms with Crippen LogP contribution in [0.25, 0.3) is 5.57 Å². The van der Waals surface area contributed by atoms with Crippen molar-refractivity contribution in [3.63, 3.8) is 0 Å². The van der Waals surface area contributed by atoms with Gasteiger partial charge in [-0.3, -0.25) is 4.79 Å². The van der Waals surface area contributed by atoms with Crippen LogP contribution in [0, 0.1) is 5.92 Å². The molecule has 3 N–H and O–H groups in total. The van der Waals surface area contributed by atoms with Gasteiger partial charge in [-0.2, -0.15) is 0 Å². The maximum atomic E-state index is 10.2. The standard InChI is InChI=1S/C18H26N2O.C8H8O2.C5H11N.CH3Cl/c1-4-7-16(8-5-2)18-19-17(14-21-18)13-20-11-9-15(6-3)10-12-20;9-8(10)6-7-4-2-1-3-5-7;1-2-4-6-5-3-1;1-2/h4-5,7-8,14-15H,1,6,9-13H2,2-3H3;1-5H,6H2,(H,9,10);6H,1-5H2;1H3/p+1/b8-5-,16-7+;;;. The minimum absolute atomic E-state index is 0.112. The highest BCUT2D eigenvalue weighted by Gasteiger charge is 2.22. The zero-order chi connectivity index (χ0) is 28.7. The number of carboxylic acids is 1. The zero-order valence-electron chi connectivity index (χ0n) is 24.1. The third kappa shape index (κ3) is 15.5. The number of hydrogen-bond acceptors (Lipinski definition) is 4. The Kier molecular flexibility index (Phi) is 19.5. The van der Waals surface area contributed by atoms with Gasteiger partial charge in [0.2, 0.25) is 5.89 Å². The van der Waals surface area contributed by atoms with E-state index in [1.807, 2.05) is 43.4 Å². The molecule has 0 bridgehead atoms. The Morgan fingerprint density at radius 3 is 2.33 bits per heavy atom. The van der Waals surface area contributed by atoms with Gasteiger partial charge in [0.25, 0.3) is 0 Å². The van der Waals surface area contributed by atoms with Crippen LogP contribution in [0.1, 0.15) is 69.5 Å². The van der Waals surface area contributed by atoms with E-state index in [-0.39, 0.29) is 6.42 Å². The first-order valence-electron chi connectivity index (χ1n) is 14.1. The third-order valence-electron chi connectivity index (χ3n) is 6.67. The minimum Gasteiger partial charge on any atom is -0.481 e. The molecule has 1 aromatic heterocycles. The Hall–Kier alpha value is -2.67. The number of carboxylic acid groups (broad SMARTS) is 1. The topological polar surface area (TPSA) is 79.8 Å². The van der Waals surface area contributed by atoms with Crippen molar-refractivity contribution in [2.75, 3.05) is 32.6 Å². The van der Waals surface area contributed by atoms with E-state index in [1.54, 1.807) is 29.4 Å². The van der Waals surface area contributed by atoms with E-state index in [9.17, 15) is 4.79 Å². The first-order chi connectivity index (χ1) is 19.0. The normalized spacial score (nSPS) is 18.9. The number of aliphatic carboxylic acids is 1. The number of likely N-dealkylation sites (tertiary alicyclic amines) is 1. The number of quaternary nitrogens is 1. The first-order valence-corrected chi connectivity index (χ1v) is 14.9. The van der Waals surface area contributed by atoms with E-state index in [0.29, 0.717) is 5.89 Å². The van der Waals surface area contributed by atoms with Gasteiger partial charge < -0.3 is 19.7 Å². The number of nitrogens with zero attached hydrogens (tertiary/aromatic N) is 1. The number of hydrogen-bond donors (Lipinski definition) is 3. The smallest absolute Gasteiger partial charge is 0.307 e. The average Bonchev–Trinajstić information content (AvgIpc) is 3.44. The summed E-state index contributed by atoms with van der Waals surface area (Å²) in [5, 5.41) is 11.7. The highest BCUT2D eigenvalue weighted by atomic mass is 35.5.